The Kier molecular flexibility index (Phi) is 6.41. The summed E-state index contributed by atoms with van der Waals surface area (Å²) in [6.07, 6.45) is 0. The molecule has 0 aliphatic rings. The summed E-state index contributed by atoms with van der Waals surface area (Å²) in [6.45, 7) is 8.68. The van der Waals surface area contributed by atoms with Gasteiger partial charge in [-0.3, -0.25) is 4.90 Å². The van der Waals surface area contributed by atoms with Crippen molar-refractivity contribution in [1.29, 1.82) is 0 Å². The van der Waals surface area contributed by atoms with E-state index in [2.05, 4.69) is 112 Å². The van der Waals surface area contributed by atoms with E-state index in [-0.39, 0.29) is 5.41 Å². The van der Waals surface area contributed by atoms with Gasteiger partial charge in [-0.2, -0.15) is 0 Å². The molecule has 0 bridgehead atoms. The summed E-state index contributed by atoms with van der Waals surface area (Å²) in [5.74, 6) is 0. The maximum Gasteiger partial charge on any atom is 0.0234 e. The third-order valence-electron chi connectivity index (χ3n) is 4.60. The van der Waals surface area contributed by atoms with E-state index in [0.29, 0.717) is 0 Å². The van der Waals surface area contributed by atoms with Crippen molar-refractivity contribution in [3.05, 3.63) is 95.6 Å². The quantitative estimate of drug-likeness (QED) is 0.468. The molecule has 0 unspecified atom stereocenters. The highest BCUT2D eigenvalue weighted by Crippen LogP contribution is 2.28. The summed E-state index contributed by atoms with van der Waals surface area (Å²) < 4.78 is 0. The molecule has 2 heteroatoms. The van der Waals surface area contributed by atoms with Gasteiger partial charge in [-0.1, -0.05) is 87.1 Å². The Hall–Kier alpha value is -2.03. The second kappa shape index (κ2) is 8.77. The number of benzene rings is 3. The largest absolute Gasteiger partial charge is 0.298 e. The fraction of sp³-hybridized carbons (Fsp3) is 0.280. The first kappa shape index (κ1) is 19.7. The summed E-state index contributed by atoms with van der Waals surface area (Å²) in [5, 5.41) is 0. The van der Waals surface area contributed by atoms with Crippen molar-refractivity contribution in [3.8, 4) is 0 Å². The van der Waals surface area contributed by atoms with Gasteiger partial charge in [-0.15, -0.1) is 0 Å². The first-order valence-corrected chi connectivity index (χ1v) is 10.3. The van der Waals surface area contributed by atoms with Crippen molar-refractivity contribution in [3.63, 3.8) is 0 Å². The summed E-state index contributed by atoms with van der Waals surface area (Å²) in [4.78, 5) is 4.95. The molecule has 3 aromatic carbocycles. The molecule has 3 aromatic rings. The average Bonchev–Trinajstić information content (AvgIpc) is 2.62. The third kappa shape index (κ3) is 5.98. The van der Waals surface area contributed by atoms with Gasteiger partial charge in [0, 0.05) is 22.9 Å². The van der Waals surface area contributed by atoms with Crippen LogP contribution in [0.5, 0.6) is 0 Å². The Morgan fingerprint density at radius 2 is 1.33 bits per heavy atom. The van der Waals surface area contributed by atoms with Crippen LogP contribution in [0, 0.1) is 0 Å². The number of nitrogens with zero attached hydrogens (tertiary/aromatic N) is 1. The highest BCUT2D eigenvalue weighted by molar-refractivity contribution is 7.99. The van der Waals surface area contributed by atoms with E-state index < -0.39 is 0 Å². The van der Waals surface area contributed by atoms with E-state index >= 15 is 0 Å². The number of hydrogen-bond donors (Lipinski definition) is 0. The molecule has 27 heavy (non-hydrogen) atoms. The topological polar surface area (TPSA) is 3.24 Å². The van der Waals surface area contributed by atoms with Crippen molar-refractivity contribution < 1.29 is 0 Å². The second-order valence-corrected chi connectivity index (χ2v) is 9.33. The molecular weight excluding hydrogens is 346 g/mol. The zero-order valence-corrected chi connectivity index (χ0v) is 17.6. The van der Waals surface area contributed by atoms with Crippen LogP contribution in [-0.4, -0.2) is 11.9 Å². The van der Waals surface area contributed by atoms with Crippen LogP contribution >= 0.6 is 11.8 Å². The Morgan fingerprint density at radius 3 is 2.00 bits per heavy atom. The van der Waals surface area contributed by atoms with Gasteiger partial charge >= 0.3 is 0 Å². The predicted molar refractivity (Wildman–Crippen MR) is 117 cm³/mol. The number of rotatable bonds is 6. The average molecular weight is 376 g/mol. The molecule has 140 valence electrons. The zero-order chi connectivity index (χ0) is 19.3. The lowest BCUT2D eigenvalue weighted by molar-refractivity contribution is 0.319. The van der Waals surface area contributed by atoms with Gasteiger partial charge in [0.15, 0.2) is 0 Å². The van der Waals surface area contributed by atoms with Crippen LogP contribution in [0.1, 0.15) is 37.5 Å². The molecule has 0 radical (unpaired) electrons. The molecule has 0 aromatic heterocycles. The van der Waals surface area contributed by atoms with Crippen molar-refractivity contribution in [2.45, 2.75) is 49.1 Å². The molecule has 0 N–H and O–H groups in total. The van der Waals surface area contributed by atoms with Crippen LogP contribution in [0.3, 0.4) is 0 Å². The molecule has 0 saturated carbocycles. The Labute approximate surface area is 168 Å². The maximum atomic E-state index is 2.37. The smallest absolute Gasteiger partial charge is 0.0234 e. The minimum Gasteiger partial charge on any atom is -0.298 e. The van der Waals surface area contributed by atoms with Crippen molar-refractivity contribution >= 4 is 11.8 Å². The fourth-order valence-corrected chi connectivity index (χ4v) is 4.04. The van der Waals surface area contributed by atoms with Gasteiger partial charge in [0.2, 0.25) is 0 Å². The Morgan fingerprint density at radius 1 is 0.704 bits per heavy atom. The monoisotopic (exact) mass is 375 g/mol. The third-order valence-corrected chi connectivity index (χ3v) is 5.60. The van der Waals surface area contributed by atoms with Crippen LogP contribution in [0.15, 0.2) is 88.7 Å². The molecule has 0 heterocycles. The lowest BCUT2D eigenvalue weighted by atomic mass is 9.87. The molecule has 3 rings (SSSR count). The van der Waals surface area contributed by atoms with Gasteiger partial charge < -0.3 is 0 Å². The first-order chi connectivity index (χ1) is 12.9. The van der Waals surface area contributed by atoms with Crippen molar-refractivity contribution in [1.82, 2.24) is 4.90 Å². The van der Waals surface area contributed by atoms with Gasteiger partial charge in [0.05, 0.1) is 0 Å². The lowest BCUT2D eigenvalue weighted by Crippen LogP contribution is -2.17. The lowest BCUT2D eigenvalue weighted by Gasteiger charge is -2.21. The Balaban J connectivity index is 1.61. The van der Waals surface area contributed by atoms with Crippen LogP contribution in [0.25, 0.3) is 0 Å². The SMILES string of the molecule is CN(Cc1ccc(C(C)(C)C)cc1)Cc1cccc(Sc2ccccc2)c1. The zero-order valence-electron chi connectivity index (χ0n) is 16.8. The van der Waals surface area contributed by atoms with Crippen LogP contribution < -0.4 is 0 Å². The van der Waals surface area contributed by atoms with Gasteiger partial charge in [-0.25, -0.2) is 0 Å². The van der Waals surface area contributed by atoms with E-state index in [1.807, 2.05) is 11.8 Å². The molecule has 0 saturated heterocycles. The summed E-state index contributed by atoms with van der Waals surface area (Å²) in [6, 6.07) is 28.5. The van der Waals surface area contributed by atoms with E-state index in [4.69, 9.17) is 0 Å². The van der Waals surface area contributed by atoms with Crippen LogP contribution in [0.4, 0.5) is 0 Å². The molecular formula is C25H29NS. The molecule has 0 aliphatic heterocycles. The predicted octanol–water partition coefficient (Wildman–Crippen LogP) is 6.77. The van der Waals surface area contributed by atoms with Crippen molar-refractivity contribution in [2.24, 2.45) is 0 Å². The molecule has 1 nitrogen and oxygen atoms in total. The number of hydrogen-bond acceptors (Lipinski definition) is 2. The minimum atomic E-state index is 0.210. The van der Waals surface area contributed by atoms with Crippen molar-refractivity contribution in [2.75, 3.05) is 7.05 Å². The second-order valence-electron chi connectivity index (χ2n) is 8.18. The van der Waals surface area contributed by atoms with Crippen LogP contribution in [-0.2, 0) is 18.5 Å². The molecule has 0 aliphatic carbocycles. The molecule has 0 amide bonds. The Bertz CT molecular complexity index is 847. The fourth-order valence-electron chi connectivity index (χ4n) is 3.12. The van der Waals surface area contributed by atoms with Gasteiger partial charge in [0.1, 0.15) is 0 Å². The van der Waals surface area contributed by atoms with E-state index in [9.17, 15) is 0 Å². The summed E-state index contributed by atoms with van der Waals surface area (Å²) >= 11 is 1.82. The maximum absolute atomic E-state index is 2.37. The summed E-state index contributed by atoms with van der Waals surface area (Å²) in [5.41, 5.74) is 4.31. The molecule has 0 spiro atoms. The molecule has 0 atom stereocenters. The van der Waals surface area contributed by atoms with Gasteiger partial charge in [-0.05, 0) is 53.4 Å². The van der Waals surface area contributed by atoms with E-state index in [1.165, 1.54) is 26.5 Å². The standard InChI is InChI=1S/C25H29NS/c1-25(2,3)22-15-13-20(14-16-22)18-26(4)19-21-9-8-12-24(17-21)27-23-10-6-5-7-11-23/h5-17H,18-19H2,1-4H3. The minimum absolute atomic E-state index is 0.210. The van der Waals surface area contributed by atoms with E-state index in [0.717, 1.165) is 13.1 Å². The highest BCUT2D eigenvalue weighted by atomic mass is 32.2. The van der Waals surface area contributed by atoms with Gasteiger partial charge in [0.25, 0.3) is 0 Å². The normalized spacial score (nSPS) is 11.7. The summed E-state index contributed by atoms with van der Waals surface area (Å²) in [7, 11) is 2.19. The van der Waals surface area contributed by atoms with E-state index in [1.54, 1.807) is 0 Å². The first-order valence-electron chi connectivity index (χ1n) is 9.50. The highest BCUT2D eigenvalue weighted by Gasteiger charge is 2.13. The van der Waals surface area contributed by atoms with Crippen LogP contribution in [0.2, 0.25) is 0 Å². The molecule has 0 fully saturated rings.